The van der Waals surface area contributed by atoms with Crippen LogP contribution in [0.25, 0.3) is 0 Å². The normalized spacial score (nSPS) is 18.3. The molecule has 108 valence electrons. The summed E-state index contributed by atoms with van der Waals surface area (Å²) in [5.41, 5.74) is 1.41. The molecule has 0 aliphatic carbocycles. The van der Waals surface area contributed by atoms with Crippen LogP contribution >= 0.6 is 11.6 Å². The topological polar surface area (TPSA) is 58.6 Å². The molecule has 1 aliphatic rings. The number of hydrogen-bond donors (Lipinski definition) is 1. The van der Waals surface area contributed by atoms with Crippen molar-refractivity contribution in [3.05, 3.63) is 22.7 Å². The molecule has 0 radical (unpaired) electrons. The first kappa shape index (κ1) is 14.7. The maximum absolute atomic E-state index is 12.2. The number of halogens is 1. The van der Waals surface area contributed by atoms with Gasteiger partial charge in [0, 0.05) is 24.6 Å². The second-order valence-electron chi connectivity index (χ2n) is 4.85. The molecular formula is C14H17ClN2O3. The molecule has 2 amide bonds. The maximum Gasteiger partial charge on any atom is 0.247 e. The molecule has 0 saturated carbocycles. The summed E-state index contributed by atoms with van der Waals surface area (Å²) in [7, 11) is 3.16. The van der Waals surface area contributed by atoms with Gasteiger partial charge in [-0.2, -0.15) is 0 Å². The number of hydrogen-bond acceptors (Lipinski definition) is 3. The van der Waals surface area contributed by atoms with Crippen LogP contribution in [0, 0.1) is 6.92 Å². The van der Waals surface area contributed by atoms with Crippen molar-refractivity contribution in [1.29, 1.82) is 0 Å². The Kier molecular flexibility index (Phi) is 4.18. The van der Waals surface area contributed by atoms with E-state index in [0.717, 1.165) is 5.56 Å². The van der Waals surface area contributed by atoms with Crippen LogP contribution in [-0.2, 0) is 9.59 Å². The maximum atomic E-state index is 12.2. The lowest BCUT2D eigenvalue weighted by Crippen LogP contribution is -2.38. The number of carbonyl (C=O) groups excluding carboxylic acids is 2. The van der Waals surface area contributed by atoms with E-state index >= 15 is 0 Å². The minimum atomic E-state index is -0.428. The highest BCUT2D eigenvalue weighted by Crippen LogP contribution is 2.31. The minimum absolute atomic E-state index is 0.00981. The van der Waals surface area contributed by atoms with Gasteiger partial charge >= 0.3 is 0 Å². The number of carbonyl (C=O) groups is 2. The molecule has 0 bridgehead atoms. The molecule has 6 heteroatoms. The molecule has 1 aliphatic heterocycles. The van der Waals surface area contributed by atoms with E-state index in [1.54, 1.807) is 19.2 Å². The molecule has 20 heavy (non-hydrogen) atoms. The fourth-order valence-corrected chi connectivity index (χ4v) is 2.41. The third-order valence-electron chi connectivity index (χ3n) is 3.53. The van der Waals surface area contributed by atoms with Crippen molar-refractivity contribution < 1.29 is 14.3 Å². The van der Waals surface area contributed by atoms with E-state index < -0.39 is 6.04 Å². The molecule has 0 aromatic heterocycles. The fraction of sp³-hybridized carbons (Fsp3) is 0.429. The third kappa shape index (κ3) is 2.72. The van der Waals surface area contributed by atoms with E-state index in [0.29, 0.717) is 29.3 Å². The monoisotopic (exact) mass is 296 g/mol. The summed E-state index contributed by atoms with van der Waals surface area (Å²) in [4.78, 5) is 25.2. The van der Waals surface area contributed by atoms with Crippen LogP contribution in [-0.4, -0.2) is 36.9 Å². The lowest BCUT2D eigenvalue weighted by molar-refractivity contribution is -0.131. The second kappa shape index (κ2) is 5.71. The van der Waals surface area contributed by atoms with Crippen LogP contribution in [0.2, 0.25) is 5.02 Å². The van der Waals surface area contributed by atoms with Crippen LogP contribution < -0.4 is 10.1 Å². The summed E-state index contributed by atoms with van der Waals surface area (Å²) >= 11 is 6.02. The van der Waals surface area contributed by atoms with E-state index in [9.17, 15) is 9.59 Å². The van der Waals surface area contributed by atoms with Gasteiger partial charge in [0.15, 0.2) is 0 Å². The summed E-state index contributed by atoms with van der Waals surface area (Å²) in [6.45, 7) is 1.85. The zero-order valence-corrected chi connectivity index (χ0v) is 12.5. The van der Waals surface area contributed by atoms with Gasteiger partial charge in [-0.3, -0.25) is 9.59 Å². The first-order valence-electron chi connectivity index (χ1n) is 6.34. The Bertz CT molecular complexity index is 560. The average Bonchev–Trinajstić information content (AvgIpc) is 2.74. The summed E-state index contributed by atoms with van der Waals surface area (Å²) in [6, 6.07) is 2.99. The van der Waals surface area contributed by atoms with Gasteiger partial charge in [-0.15, -0.1) is 0 Å². The molecule has 1 fully saturated rings. The van der Waals surface area contributed by atoms with Crippen LogP contribution in [0.15, 0.2) is 12.1 Å². The van der Waals surface area contributed by atoms with Gasteiger partial charge in [0.05, 0.1) is 12.8 Å². The molecule has 1 aromatic rings. The van der Waals surface area contributed by atoms with E-state index in [-0.39, 0.29) is 11.8 Å². The number of aryl methyl sites for hydroxylation is 1. The summed E-state index contributed by atoms with van der Waals surface area (Å²) in [5, 5.41) is 3.38. The number of likely N-dealkylation sites (tertiary alicyclic amines) is 1. The quantitative estimate of drug-likeness (QED) is 0.930. The Labute approximate surface area is 122 Å². The number of amides is 2. The molecule has 2 rings (SSSR count). The lowest BCUT2D eigenvalue weighted by atomic mass is 10.1. The van der Waals surface area contributed by atoms with Gasteiger partial charge in [-0.05, 0) is 25.0 Å². The molecule has 1 aromatic carbocycles. The van der Waals surface area contributed by atoms with Crippen molar-refractivity contribution in [1.82, 2.24) is 4.90 Å². The molecular weight excluding hydrogens is 280 g/mol. The van der Waals surface area contributed by atoms with E-state index in [4.69, 9.17) is 16.3 Å². The third-order valence-corrected chi connectivity index (χ3v) is 3.94. The summed E-state index contributed by atoms with van der Waals surface area (Å²) in [6.07, 6.45) is 0.946. The predicted molar refractivity (Wildman–Crippen MR) is 77.2 cm³/mol. The van der Waals surface area contributed by atoms with Crippen molar-refractivity contribution in [2.24, 2.45) is 0 Å². The molecule has 1 unspecified atom stereocenters. The van der Waals surface area contributed by atoms with Gasteiger partial charge in [0.2, 0.25) is 11.8 Å². The molecule has 1 heterocycles. The number of ether oxygens (including phenoxy) is 1. The highest BCUT2D eigenvalue weighted by molar-refractivity contribution is 6.31. The Morgan fingerprint density at radius 2 is 2.20 bits per heavy atom. The Balaban J connectivity index is 2.19. The first-order chi connectivity index (χ1) is 9.43. The van der Waals surface area contributed by atoms with E-state index in [1.807, 2.05) is 6.92 Å². The standard InChI is InChI=1S/C14H17ClN2O3/c1-8-6-10(12(20-3)7-9(8)15)16-14(19)11-4-5-13(18)17(11)2/h6-7,11H,4-5H2,1-3H3,(H,16,19). The summed E-state index contributed by atoms with van der Waals surface area (Å²) in [5.74, 6) is 0.281. The second-order valence-corrected chi connectivity index (χ2v) is 5.26. The van der Waals surface area contributed by atoms with Crippen LogP contribution in [0.4, 0.5) is 5.69 Å². The smallest absolute Gasteiger partial charge is 0.247 e. The molecule has 1 N–H and O–H groups in total. The largest absolute Gasteiger partial charge is 0.495 e. The Morgan fingerprint density at radius 3 is 2.75 bits per heavy atom. The molecule has 5 nitrogen and oxygen atoms in total. The van der Waals surface area contributed by atoms with Gasteiger partial charge < -0.3 is 15.0 Å². The van der Waals surface area contributed by atoms with E-state index in [1.165, 1.54) is 12.0 Å². The number of benzene rings is 1. The van der Waals surface area contributed by atoms with Crippen molar-refractivity contribution >= 4 is 29.1 Å². The van der Waals surface area contributed by atoms with Crippen LogP contribution in [0.3, 0.4) is 0 Å². The number of nitrogens with one attached hydrogen (secondary N) is 1. The molecule has 0 spiro atoms. The van der Waals surface area contributed by atoms with Crippen molar-refractivity contribution in [3.63, 3.8) is 0 Å². The molecule has 1 saturated heterocycles. The van der Waals surface area contributed by atoms with Crippen molar-refractivity contribution in [3.8, 4) is 5.75 Å². The number of rotatable bonds is 3. The number of nitrogens with zero attached hydrogens (tertiary/aromatic N) is 1. The zero-order valence-electron chi connectivity index (χ0n) is 11.7. The SMILES string of the molecule is COc1cc(Cl)c(C)cc1NC(=O)C1CCC(=O)N1C. The highest BCUT2D eigenvalue weighted by atomic mass is 35.5. The Morgan fingerprint density at radius 1 is 1.50 bits per heavy atom. The molecule has 1 atom stereocenters. The minimum Gasteiger partial charge on any atom is -0.495 e. The van der Waals surface area contributed by atoms with Gasteiger partial charge in [-0.1, -0.05) is 11.6 Å². The van der Waals surface area contributed by atoms with Crippen molar-refractivity contribution in [2.45, 2.75) is 25.8 Å². The first-order valence-corrected chi connectivity index (χ1v) is 6.72. The van der Waals surface area contributed by atoms with E-state index in [2.05, 4.69) is 5.32 Å². The van der Waals surface area contributed by atoms with Gasteiger partial charge in [0.25, 0.3) is 0 Å². The lowest BCUT2D eigenvalue weighted by Gasteiger charge is -2.20. The van der Waals surface area contributed by atoms with Gasteiger partial charge in [-0.25, -0.2) is 0 Å². The highest BCUT2D eigenvalue weighted by Gasteiger charge is 2.33. The van der Waals surface area contributed by atoms with Crippen LogP contribution in [0.1, 0.15) is 18.4 Å². The fourth-order valence-electron chi connectivity index (χ4n) is 2.26. The van der Waals surface area contributed by atoms with Crippen molar-refractivity contribution in [2.75, 3.05) is 19.5 Å². The number of methoxy groups -OCH3 is 1. The zero-order chi connectivity index (χ0) is 14.9. The number of likely N-dealkylation sites (N-methyl/N-ethyl adjacent to an activating group) is 1. The average molecular weight is 297 g/mol. The number of anilines is 1. The summed E-state index contributed by atoms with van der Waals surface area (Å²) < 4.78 is 5.21. The Hall–Kier alpha value is -1.75. The van der Waals surface area contributed by atoms with Gasteiger partial charge in [0.1, 0.15) is 11.8 Å². The van der Waals surface area contributed by atoms with Crippen LogP contribution in [0.5, 0.6) is 5.75 Å². The predicted octanol–water partition coefficient (Wildman–Crippen LogP) is 2.22.